The molecule has 0 aliphatic carbocycles. The normalized spacial score (nSPS) is 12.4. The standard InChI is InChI=1S/C48H27N5OS/c1-2-8-28(9-3-1)53-41-12-6-4-10-33(41)36-24-42-35(25-44(36)53)31-16-14-29(22-39(31)47-49-18-20-51(42)47)54-30-15-17-32-37-27-46-38(34-11-5-7-13-45(34)55-46)26-43(37)52-21-19-50-48(52)40(32)23-30/h1-27H. The Morgan fingerprint density at radius 1 is 0.400 bits per heavy atom. The molecular formula is C48H27N5OS. The van der Waals surface area contributed by atoms with Crippen molar-refractivity contribution in [3.63, 3.8) is 0 Å². The van der Waals surface area contributed by atoms with E-state index in [1.807, 2.05) is 23.7 Å². The maximum absolute atomic E-state index is 6.69. The van der Waals surface area contributed by atoms with Crippen molar-refractivity contribution in [3.8, 4) is 17.2 Å². The summed E-state index contributed by atoms with van der Waals surface area (Å²) in [5, 5.41) is 11.7. The second-order valence-corrected chi connectivity index (χ2v) is 15.4. The fourth-order valence-corrected chi connectivity index (χ4v) is 10.1. The number of rotatable bonds is 3. The molecule has 6 aromatic heterocycles. The highest BCUT2D eigenvalue weighted by Gasteiger charge is 2.18. The second kappa shape index (κ2) is 10.7. The smallest absolute Gasteiger partial charge is 0.145 e. The zero-order valence-electron chi connectivity index (χ0n) is 29.1. The molecule has 7 heteroatoms. The third kappa shape index (κ3) is 4.02. The molecule has 0 saturated carbocycles. The number of hydrogen-bond donors (Lipinski definition) is 0. The zero-order valence-corrected chi connectivity index (χ0v) is 30.0. The molecule has 0 radical (unpaired) electrons. The average molecular weight is 722 g/mol. The minimum Gasteiger partial charge on any atom is -0.457 e. The number of fused-ring (bicyclic) bond motifs is 18. The molecule has 256 valence electrons. The van der Waals surface area contributed by atoms with Crippen LogP contribution in [0.1, 0.15) is 0 Å². The van der Waals surface area contributed by atoms with Crippen molar-refractivity contribution in [1.29, 1.82) is 0 Å². The lowest BCUT2D eigenvalue weighted by Gasteiger charge is -2.13. The Bertz CT molecular complexity index is 3760. The van der Waals surface area contributed by atoms with E-state index in [4.69, 9.17) is 14.7 Å². The molecule has 0 bridgehead atoms. The molecule has 13 rings (SSSR count). The first-order chi connectivity index (χ1) is 27.2. The van der Waals surface area contributed by atoms with Gasteiger partial charge >= 0.3 is 0 Å². The van der Waals surface area contributed by atoms with E-state index in [1.165, 1.54) is 47.4 Å². The maximum atomic E-state index is 6.69. The SMILES string of the molecule is c1ccc(-n2c3ccccc3c3cc4c(cc32)c2ccc(Oc3ccc5c6cc7sc8ccccc8c7cc6n6ccnc6c5c3)cc2c2nccn42)cc1. The van der Waals surface area contributed by atoms with Crippen LogP contribution in [-0.2, 0) is 0 Å². The van der Waals surface area contributed by atoms with Gasteiger partial charge in [0.05, 0.1) is 22.1 Å². The van der Waals surface area contributed by atoms with Gasteiger partial charge in [0, 0.05) is 83.0 Å². The molecule has 0 spiro atoms. The van der Waals surface area contributed by atoms with Crippen LogP contribution in [0.2, 0.25) is 0 Å². The number of aromatic nitrogens is 5. The minimum atomic E-state index is 0.753. The molecule has 0 fully saturated rings. The van der Waals surface area contributed by atoms with Crippen LogP contribution in [0.5, 0.6) is 11.5 Å². The fourth-order valence-electron chi connectivity index (χ4n) is 8.99. The summed E-state index contributed by atoms with van der Waals surface area (Å²) >= 11 is 1.84. The Labute approximate surface area is 316 Å². The summed E-state index contributed by atoms with van der Waals surface area (Å²) < 4.78 is 16.1. The summed E-state index contributed by atoms with van der Waals surface area (Å²) in [6.45, 7) is 0. The predicted molar refractivity (Wildman–Crippen MR) is 228 cm³/mol. The van der Waals surface area contributed by atoms with Gasteiger partial charge in [-0.3, -0.25) is 8.80 Å². The van der Waals surface area contributed by atoms with Crippen LogP contribution >= 0.6 is 11.3 Å². The summed E-state index contributed by atoms with van der Waals surface area (Å²) in [5.74, 6) is 1.51. The summed E-state index contributed by atoms with van der Waals surface area (Å²) in [7, 11) is 0. The first-order valence-electron chi connectivity index (χ1n) is 18.4. The quantitative estimate of drug-likeness (QED) is 0.171. The van der Waals surface area contributed by atoms with Crippen molar-refractivity contribution >= 4 is 108 Å². The molecule has 7 aromatic carbocycles. The third-order valence-electron chi connectivity index (χ3n) is 11.4. The second-order valence-electron chi connectivity index (χ2n) is 14.3. The van der Waals surface area contributed by atoms with Crippen LogP contribution in [0.25, 0.3) is 102 Å². The molecular weight excluding hydrogens is 695 g/mol. The van der Waals surface area contributed by atoms with Crippen LogP contribution in [0.3, 0.4) is 0 Å². The number of benzene rings is 7. The van der Waals surface area contributed by atoms with E-state index in [2.05, 4.69) is 165 Å². The minimum absolute atomic E-state index is 0.753. The zero-order chi connectivity index (χ0) is 35.8. The highest BCUT2D eigenvalue weighted by atomic mass is 32.1. The van der Waals surface area contributed by atoms with E-state index in [0.29, 0.717) is 0 Å². The molecule has 6 heterocycles. The van der Waals surface area contributed by atoms with Gasteiger partial charge in [0.15, 0.2) is 0 Å². The monoisotopic (exact) mass is 721 g/mol. The Hall–Kier alpha value is -7.22. The van der Waals surface area contributed by atoms with Gasteiger partial charge in [-0.05, 0) is 95.7 Å². The highest BCUT2D eigenvalue weighted by Crippen LogP contribution is 2.42. The van der Waals surface area contributed by atoms with Gasteiger partial charge in [-0.25, -0.2) is 9.97 Å². The summed E-state index contributed by atoms with van der Waals surface area (Å²) in [5.41, 5.74) is 7.58. The van der Waals surface area contributed by atoms with Gasteiger partial charge in [-0.1, -0.05) is 54.6 Å². The van der Waals surface area contributed by atoms with Crippen LogP contribution in [0.15, 0.2) is 164 Å². The van der Waals surface area contributed by atoms with Gasteiger partial charge < -0.3 is 9.30 Å². The molecule has 0 saturated heterocycles. The molecule has 0 amide bonds. The van der Waals surface area contributed by atoms with Gasteiger partial charge in [0.2, 0.25) is 0 Å². The molecule has 0 aliphatic heterocycles. The van der Waals surface area contributed by atoms with Crippen molar-refractivity contribution in [3.05, 3.63) is 164 Å². The fraction of sp³-hybridized carbons (Fsp3) is 0. The predicted octanol–water partition coefficient (Wildman–Crippen LogP) is 12.9. The van der Waals surface area contributed by atoms with Crippen molar-refractivity contribution in [2.24, 2.45) is 0 Å². The number of hydrogen-bond acceptors (Lipinski definition) is 4. The number of ether oxygens (including phenoxy) is 1. The molecule has 55 heavy (non-hydrogen) atoms. The number of imidazole rings is 2. The van der Waals surface area contributed by atoms with E-state index in [0.717, 1.165) is 66.4 Å². The van der Waals surface area contributed by atoms with Crippen LogP contribution in [0, 0.1) is 0 Å². The number of nitrogens with zero attached hydrogens (tertiary/aromatic N) is 5. The Morgan fingerprint density at radius 2 is 0.982 bits per heavy atom. The summed E-state index contributed by atoms with van der Waals surface area (Å²) in [6, 6.07) is 50.0. The van der Waals surface area contributed by atoms with Crippen LogP contribution in [0.4, 0.5) is 0 Å². The highest BCUT2D eigenvalue weighted by molar-refractivity contribution is 7.25. The molecule has 0 aliphatic rings. The van der Waals surface area contributed by atoms with E-state index in [-0.39, 0.29) is 0 Å². The average Bonchev–Trinajstić information content (AvgIpc) is 4.04. The summed E-state index contributed by atoms with van der Waals surface area (Å²) in [6.07, 6.45) is 7.88. The van der Waals surface area contributed by atoms with Crippen molar-refractivity contribution < 1.29 is 4.74 Å². The number of para-hydroxylation sites is 2. The third-order valence-corrected chi connectivity index (χ3v) is 12.5. The Balaban J connectivity index is 0.985. The van der Waals surface area contributed by atoms with Crippen LogP contribution < -0.4 is 4.74 Å². The van der Waals surface area contributed by atoms with E-state index >= 15 is 0 Å². The molecule has 0 atom stereocenters. The van der Waals surface area contributed by atoms with Crippen molar-refractivity contribution in [2.75, 3.05) is 0 Å². The lowest BCUT2D eigenvalue weighted by molar-refractivity contribution is 0.484. The molecule has 0 unspecified atom stereocenters. The first-order valence-corrected chi connectivity index (χ1v) is 19.2. The lowest BCUT2D eigenvalue weighted by Crippen LogP contribution is -1.95. The molecule has 13 aromatic rings. The van der Waals surface area contributed by atoms with Crippen molar-refractivity contribution in [2.45, 2.75) is 0 Å². The Morgan fingerprint density at radius 3 is 1.71 bits per heavy atom. The molecule has 0 N–H and O–H groups in total. The van der Waals surface area contributed by atoms with Gasteiger partial charge in [0.25, 0.3) is 0 Å². The van der Waals surface area contributed by atoms with Crippen LogP contribution in [-0.4, -0.2) is 23.3 Å². The number of pyridine rings is 2. The maximum Gasteiger partial charge on any atom is 0.145 e. The van der Waals surface area contributed by atoms with Crippen molar-refractivity contribution in [1.82, 2.24) is 23.3 Å². The van der Waals surface area contributed by atoms with E-state index in [1.54, 1.807) is 0 Å². The number of thiophene rings is 1. The first kappa shape index (κ1) is 29.3. The van der Waals surface area contributed by atoms with E-state index in [9.17, 15) is 0 Å². The van der Waals surface area contributed by atoms with Gasteiger partial charge in [0.1, 0.15) is 22.8 Å². The van der Waals surface area contributed by atoms with Gasteiger partial charge in [-0.2, -0.15) is 0 Å². The Kier molecular flexibility index (Phi) is 5.69. The largest absolute Gasteiger partial charge is 0.457 e. The topological polar surface area (TPSA) is 48.8 Å². The molecule has 6 nitrogen and oxygen atoms in total. The summed E-state index contributed by atoms with van der Waals surface area (Å²) in [4.78, 5) is 9.70. The van der Waals surface area contributed by atoms with E-state index < -0.39 is 0 Å². The lowest BCUT2D eigenvalue weighted by atomic mass is 10.0. The van der Waals surface area contributed by atoms with Gasteiger partial charge in [-0.15, -0.1) is 11.3 Å².